The summed E-state index contributed by atoms with van der Waals surface area (Å²) in [6.07, 6.45) is 6.04. The zero-order valence-corrected chi connectivity index (χ0v) is 12.7. The molecule has 0 saturated carbocycles. The fraction of sp³-hybridized carbons (Fsp3) is 0.688. The Hall–Kier alpha value is -1.33. The average Bonchev–Trinajstić information content (AvgIpc) is 3.19. The number of carbonyl (C=O) groups is 1. The number of hydrogen-bond acceptors (Lipinski definition) is 4. The van der Waals surface area contributed by atoms with Crippen molar-refractivity contribution in [1.82, 2.24) is 15.5 Å². The van der Waals surface area contributed by atoms with Crippen LogP contribution in [0, 0.1) is 0 Å². The molecule has 2 aliphatic heterocycles. The molecule has 1 aromatic rings. The molecule has 3 rings (SSSR count). The number of amides is 1. The van der Waals surface area contributed by atoms with Gasteiger partial charge < -0.3 is 15.1 Å². The number of hydrogen-bond donors (Lipinski definition) is 2. The van der Waals surface area contributed by atoms with Gasteiger partial charge in [0.15, 0.2) is 0 Å². The monoisotopic (exact) mass is 291 g/mol. The number of rotatable bonds is 4. The first kappa shape index (κ1) is 14.6. The van der Waals surface area contributed by atoms with Crippen LogP contribution in [0.4, 0.5) is 0 Å². The van der Waals surface area contributed by atoms with Crippen molar-refractivity contribution in [2.75, 3.05) is 19.6 Å². The van der Waals surface area contributed by atoms with Crippen molar-refractivity contribution in [1.29, 1.82) is 0 Å². The maximum absolute atomic E-state index is 12.6. The van der Waals surface area contributed by atoms with Crippen molar-refractivity contribution in [2.24, 2.45) is 0 Å². The molecule has 0 radical (unpaired) electrons. The van der Waals surface area contributed by atoms with Crippen LogP contribution >= 0.6 is 0 Å². The highest BCUT2D eigenvalue weighted by Gasteiger charge is 2.36. The minimum Gasteiger partial charge on any atom is -0.467 e. The molecule has 2 N–H and O–H groups in total. The summed E-state index contributed by atoms with van der Waals surface area (Å²) in [4.78, 5) is 15.0. The predicted octanol–water partition coefficient (Wildman–Crippen LogP) is 1.67. The quantitative estimate of drug-likeness (QED) is 0.886. The van der Waals surface area contributed by atoms with Gasteiger partial charge >= 0.3 is 0 Å². The lowest BCUT2D eigenvalue weighted by Gasteiger charge is -2.35. The van der Waals surface area contributed by atoms with Gasteiger partial charge in [0, 0.05) is 6.04 Å². The highest BCUT2D eigenvalue weighted by Crippen LogP contribution is 2.25. The van der Waals surface area contributed by atoms with Gasteiger partial charge in [-0.05, 0) is 64.4 Å². The van der Waals surface area contributed by atoms with Gasteiger partial charge in [-0.3, -0.25) is 9.69 Å². The van der Waals surface area contributed by atoms with Crippen molar-refractivity contribution in [3.8, 4) is 0 Å². The molecule has 2 atom stereocenters. The topological polar surface area (TPSA) is 57.5 Å². The van der Waals surface area contributed by atoms with Gasteiger partial charge in [-0.15, -0.1) is 0 Å². The first-order valence-electron chi connectivity index (χ1n) is 8.06. The van der Waals surface area contributed by atoms with Gasteiger partial charge in [-0.25, -0.2) is 0 Å². The van der Waals surface area contributed by atoms with Crippen LogP contribution in [0.5, 0.6) is 0 Å². The second-order valence-electron chi connectivity index (χ2n) is 6.12. The number of furan rings is 1. The maximum Gasteiger partial charge on any atom is 0.237 e. The van der Waals surface area contributed by atoms with Crippen LogP contribution in [0.25, 0.3) is 0 Å². The van der Waals surface area contributed by atoms with Crippen LogP contribution in [0.3, 0.4) is 0 Å². The SMILES string of the molecule is CC(NC(=O)C1CCCN1C1CCNCC1)c1ccco1. The van der Waals surface area contributed by atoms with E-state index in [4.69, 9.17) is 4.42 Å². The van der Waals surface area contributed by atoms with E-state index >= 15 is 0 Å². The van der Waals surface area contributed by atoms with Crippen molar-refractivity contribution in [3.05, 3.63) is 24.2 Å². The van der Waals surface area contributed by atoms with E-state index in [9.17, 15) is 4.79 Å². The normalized spacial score (nSPS) is 25.9. The predicted molar refractivity (Wildman–Crippen MR) is 80.9 cm³/mol. The fourth-order valence-corrected chi connectivity index (χ4v) is 3.56. The Labute approximate surface area is 126 Å². The Morgan fingerprint density at radius 3 is 2.95 bits per heavy atom. The van der Waals surface area contributed by atoms with Crippen molar-refractivity contribution in [2.45, 2.75) is 50.7 Å². The largest absolute Gasteiger partial charge is 0.467 e. The molecule has 2 fully saturated rings. The van der Waals surface area contributed by atoms with Gasteiger partial charge in [0.1, 0.15) is 5.76 Å². The van der Waals surface area contributed by atoms with E-state index in [1.54, 1.807) is 6.26 Å². The standard InChI is InChI=1S/C16H25N3O2/c1-12(15-5-3-11-21-15)18-16(20)14-4-2-10-19(14)13-6-8-17-9-7-13/h3,5,11-14,17H,2,4,6-10H2,1H3,(H,18,20). The Balaban J connectivity index is 1.60. The van der Waals surface area contributed by atoms with Gasteiger partial charge in [-0.2, -0.15) is 0 Å². The molecule has 5 heteroatoms. The molecule has 1 amide bonds. The minimum atomic E-state index is -0.0667. The Kier molecular flexibility index (Phi) is 4.60. The lowest BCUT2D eigenvalue weighted by Crippen LogP contribution is -2.51. The number of nitrogens with zero attached hydrogens (tertiary/aromatic N) is 1. The lowest BCUT2D eigenvalue weighted by molar-refractivity contribution is -0.127. The number of likely N-dealkylation sites (tertiary alicyclic amines) is 1. The summed E-state index contributed by atoms with van der Waals surface area (Å²) in [5.74, 6) is 0.963. The molecule has 5 nitrogen and oxygen atoms in total. The fourth-order valence-electron chi connectivity index (χ4n) is 3.56. The molecule has 0 spiro atoms. The summed E-state index contributed by atoms with van der Waals surface area (Å²) >= 11 is 0. The van der Waals surface area contributed by atoms with E-state index in [-0.39, 0.29) is 18.0 Å². The summed E-state index contributed by atoms with van der Waals surface area (Å²) in [5, 5.41) is 6.50. The van der Waals surface area contributed by atoms with Gasteiger partial charge in [0.2, 0.25) is 5.91 Å². The second kappa shape index (κ2) is 6.62. The second-order valence-corrected chi connectivity index (χ2v) is 6.12. The van der Waals surface area contributed by atoms with Crippen LogP contribution in [0.15, 0.2) is 22.8 Å². The third-order valence-corrected chi connectivity index (χ3v) is 4.70. The number of piperidine rings is 1. The van der Waals surface area contributed by atoms with Crippen LogP contribution in [0.2, 0.25) is 0 Å². The van der Waals surface area contributed by atoms with Crippen LogP contribution in [-0.4, -0.2) is 42.5 Å². The summed E-state index contributed by atoms with van der Waals surface area (Å²) in [6, 6.07) is 4.29. The van der Waals surface area contributed by atoms with Crippen LogP contribution in [0.1, 0.15) is 44.4 Å². The third-order valence-electron chi connectivity index (χ3n) is 4.70. The summed E-state index contributed by atoms with van der Waals surface area (Å²) in [6.45, 7) is 5.16. The van der Waals surface area contributed by atoms with E-state index in [2.05, 4.69) is 15.5 Å². The molecule has 0 bridgehead atoms. The summed E-state index contributed by atoms with van der Waals surface area (Å²) in [7, 11) is 0. The third kappa shape index (κ3) is 3.30. The zero-order chi connectivity index (χ0) is 14.7. The number of carbonyl (C=O) groups excluding carboxylic acids is 1. The molecule has 21 heavy (non-hydrogen) atoms. The highest BCUT2D eigenvalue weighted by atomic mass is 16.3. The Morgan fingerprint density at radius 1 is 1.43 bits per heavy atom. The first-order chi connectivity index (χ1) is 10.3. The van der Waals surface area contributed by atoms with E-state index in [0.717, 1.165) is 51.1 Å². The molecule has 0 aromatic carbocycles. The summed E-state index contributed by atoms with van der Waals surface area (Å²) in [5.41, 5.74) is 0. The molecular formula is C16H25N3O2. The van der Waals surface area contributed by atoms with E-state index in [0.29, 0.717) is 6.04 Å². The van der Waals surface area contributed by atoms with Crippen molar-refractivity contribution in [3.63, 3.8) is 0 Å². The van der Waals surface area contributed by atoms with E-state index in [1.807, 2.05) is 19.1 Å². The smallest absolute Gasteiger partial charge is 0.237 e. The maximum atomic E-state index is 12.6. The lowest BCUT2D eigenvalue weighted by atomic mass is 10.0. The molecule has 1 aromatic heterocycles. The summed E-state index contributed by atoms with van der Waals surface area (Å²) < 4.78 is 5.37. The van der Waals surface area contributed by atoms with Crippen LogP contribution < -0.4 is 10.6 Å². The molecule has 2 unspecified atom stereocenters. The average molecular weight is 291 g/mol. The first-order valence-corrected chi connectivity index (χ1v) is 8.06. The molecule has 3 heterocycles. The van der Waals surface area contributed by atoms with Gasteiger partial charge in [-0.1, -0.05) is 0 Å². The molecule has 116 valence electrons. The van der Waals surface area contributed by atoms with Crippen LogP contribution in [-0.2, 0) is 4.79 Å². The molecular weight excluding hydrogens is 266 g/mol. The number of nitrogens with one attached hydrogen (secondary N) is 2. The molecule has 2 aliphatic rings. The van der Waals surface area contributed by atoms with Crippen molar-refractivity contribution < 1.29 is 9.21 Å². The minimum absolute atomic E-state index is 0.0329. The van der Waals surface area contributed by atoms with Gasteiger partial charge in [0.25, 0.3) is 0 Å². The molecule has 2 saturated heterocycles. The van der Waals surface area contributed by atoms with Gasteiger partial charge in [0.05, 0.1) is 18.3 Å². The Bertz CT molecular complexity index is 454. The molecule has 0 aliphatic carbocycles. The van der Waals surface area contributed by atoms with E-state index < -0.39 is 0 Å². The Morgan fingerprint density at radius 2 is 2.24 bits per heavy atom. The van der Waals surface area contributed by atoms with Crippen molar-refractivity contribution >= 4 is 5.91 Å². The highest BCUT2D eigenvalue weighted by molar-refractivity contribution is 5.82. The van der Waals surface area contributed by atoms with E-state index in [1.165, 1.54) is 0 Å². The zero-order valence-electron chi connectivity index (χ0n) is 12.7.